The number of benzene rings is 3. The quantitative estimate of drug-likeness (QED) is 0.532. The number of halogens is 1. The minimum atomic E-state index is 0.125. The zero-order valence-corrected chi connectivity index (χ0v) is 14.8. The molecule has 5 rings (SSSR count). The SMILES string of the molecule is Clc1ccc([C@H]2C[C@@H](c3cccc4ccccc34)n3ncnc3N2)cc1. The lowest BCUT2D eigenvalue weighted by Gasteiger charge is -2.32. The van der Waals surface area contributed by atoms with E-state index in [1.807, 2.05) is 16.8 Å². The van der Waals surface area contributed by atoms with E-state index in [2.05, 4.69) is 70.0 Å². The second-order valence-electron chi connectivity index (χ2n) is 6.60. The summed E-state index contributed by atoms with van der Waals surface area (Å²) in [7, 11) is 0. The number of hydrogen-bond acceptors (Lipinski definition) is 3. The van der Waals surface area contributed by atoms with Crippen molar-refractivity contribution in [3.05, 3.63) is 89.2 Å². The fourth-order valence-electron chi connectivity index (χ4n) is 3.83. The van der Waals surface area contributed by atoms with Crippen LogP contribution in [-0.2, 0) is 0 Å². The van der Waals surface area contributed by atoms with Crippen molar-refractivity contribution in [1.29, 1.82) is 0 Å². The molecule has 0 saturated carbocycles. The summed E-state index contributed by atoms with van der Waals surface area (Å²) in [5, 5.41) is 11.2. The molecule has 1 aliphatic heterocycles. The molecule has 4 aromatic rings. The normalized spacial score (nSPS) is 19.1. The van der Waals surface area contributed by atoms with Crippen LogP contribution in [0, 0.1) is 0 Å². The van der Waals surface area contributed by atoms with Gasteiger partial charge >= 0.3 is 0 Å². The molecular formula is C21H17ClN4. The van der Waals surface area contributed by atoms with Gasteiger partial charge in [-0.1, -0.05) is 66.2 Å². The van der Waals surface area contributed by atoms with Gasteiger partial charge in [0.05, 0.1) is 12.1 Å². The molecule has 0 radical (unpaired) electrons. The zero-order valence-electron chi connectivity index (χ0n) is 14.0. The molecule has 3 aromatic carbocycles. The van der Waals surface area contributed by atoms with Crippen LogP contribution in [0.5, 0.6) is 0 Å². The summed E-state index contributed by atoms with van der Waals surface area (Å²) >= 11 is 6.06. The third-order valence-electron chi connectivity index (χ3n) is 5.09. The Balaban J connectivity index is 1.62. The van der Waals surface area contributed by atoms with Crippen molar-refractivity contribution >= 4 is 28.3 Å². The van der Waals surface area contributed by atoms with Crippen molar-refractivity contribution in [3.63, 3.8) is 0 Å². The second kappa shape index (κ2) is 6.15. The molecular weight excluding hydrogens is 344 g/mol. The smallest absolute Gasteiger partial charge is 0.222 e. The van der Waals surface area contributed by atoms with Crippen molar-refractivity contribution in [2.45, 2.75) is 18.5 Å². The van der Waals surface area contributed by atoms with Crippen LogP contribution in [0.2, 0.25) is 5.02 Å². The molecule has 4 nitrogen and oxygen atoms in total. The molecule has 2 heterocycles. The van der Waals surface area contributed by atoms with Gasteiger partial charge in [-0.15, -0.1) is 0 Å². The number of anilines is 1. The van der Waals surface area contributed by atoms with E-state index >= 15 is 0 Å². The highest BCUT2D eigenvalue weighted by molar-refractivity contribution is 6.30. The first-order valence-electron chi connectivity index (χ1n) is 8.69. The Kier molecular flexibility index (Phi) is 3.64. The summed E-state index contributed by atoms with van der Waals surface area (Å²) in [6.45, 7) is 0. The highest BCUT2D eigenvalue weighted by Crippen LogP contribution is 2.39. The largest absolute Gasteiger partial charge is 0.348 e. The molecule has 0 aliphatic carbocycles. The highest BCUT2D eigenvalue weighted by Gasteiger charge is 2.30. The number of aromatic nitrogens is 3. The van der Waals surface area contributed by atoms with Crippen LogP contribution < -0.4 is 5.32 Å². The monoisotopic (exact) mass is 360 g/mol. The van der Waals surface area contributed by atoms with Crippen LogP contribution in [0.25, 0.3) is 10.8 Å². The number of hydrogen-bond donors (Lipinski definition) is 1. The summed E-state index contributed by atoms with van der Waals surface area (Å²) in [6, 6.07) is 23.3. The third kappa shape index (κ3) is 2.54. The van der Waals surface area contributed by atoms with Crippen molar-refractivity contribution in [3.8, 4) is 0 Å². The lowest BCUT2D eigenvalue weighted by Crippen LogP contribution is -2.28. The van der Waals surface area contributed by atoms with Crippen LogP contribution in [0.4, 0.5) is 5.95 Å². The van der Waals surface area contributed by atoms with Gasteiger partial charge < -0.3 is 5.32 Å². The molecule has 0 fully saturated rings. The molecule has 0 unspecified atom stereocenters. The Morgan fingerprint density at radius 3 is 2.65 bits per heavy atom. The van der Waals surface area contributed by atoms with E-state index in [1.54, 1.807) is 6.33 Å². The average Bonchev–Trinajstić information content (AvgIpc) is 3.16. The topological polar surface area (TPSA) is 42.7 Å². The first-order valence-corrected chi connectivity index (χ1v) is 9.06. The Labute approximate surface area is 156 Å². The van der Waals surface area contributed by atoms with Crippen molar-refractivity contribution in [2.75, 3.05) is 5.32 Å². The molecule has 1 aliphatic rings. The average molecular weight is 361 g/mol. The van der Waals surface area contributed by atoms with E-state index < -0.39 is 0 Å². The maximum Gasteiger partial charge on any atom is 0.222 e. The number of nitrogens with zero attached hydrogens (tertiary/aromatic N) is 3. The van der Waals surface area contributed by atoms with Gasteiger partial charge in [0.25, 0.3) is 0 Å². The van der Waals surface area contributed by atoms with E-state index in [4.69, 9.17) is 11.6 Å². The van der Waals surface area contributed by atoms with E-state index in [0.717, 1.165) is 17.4 Å². The summed E-state index contributed by atoms with van der Waals surface area (Å²) in [5.41, 5.74) is 2.48. The van der Waals surface area contributed by atoms with E-state index in [0.29, 0.717) is 0 Å². The van der Waals surface area contributed by atoms with Gasteiger partial charge in [-0.3, -0.25) is 0 Å². The van der Waals surface area contributed by atoms with Crippen LogP contribution in [-0.4, -0.2) is 14.8 Å². The highest BCUT2D eigenvalue weighted by atomic mass is 35.5. The van der Waals surface area contributed by atoms with E-state index in [1.165, 1.54) is 21.9 Å². The van der Waals surface area contributed by atoms with Crippen molar-refractivity contribution < 1.29 is 0 Å². The Hall–Kier alpha value is -2.85. The zero-order chi connectivity index (χ0) is 17.5. The molecule has 0 amide bonds. The van der Waals surface area contributed by atoms with Crippen LogP contribution in [0.1, 0.15) is 29.6 Å². The predicted molar refractivity (Wildman–Crippen MR) is 105 cm³/mol. The first kappa shape index (κ1) is 15.4. The summed E-state index contributed by atoms with van der Waals surface area (Å²) in [6.07, 6.45) is 2.51. The number of fused-ring (bicyclic) bond motifs is 2. The fraction of sp³-hybridized carbons (Fsp3) is 0.143. The van der Waals surface area contributed by atoms with Gasteiger partial charge in [-0.2, -0.15) is 10.1 Å². The second-order valence-corrected chi connectivity index (χ2v) is 7.03. The minimum Gasteiger partial charge on any atom is -0.348 e. The third-order valence-corrected chi connectivity index (χ3v) is 5.34. The molecule has 1 N–H and O–H groups in total. The molecule has 5 heteroatoms. The molecule has 128 valence electrons. The van der Waals surface area contributed by atoms with Crippen LogP contribution >= 0.6 is 11.6 Å². The Bertz CT molecular complexity index is 1070. The van der Waals surface area contributed by atoms with Crippen molar-refractivity contribution in [2.24, 2.45) is 0 Å². The Morgan fingerprint density at radius 1 is 0.962 bits per heavy atom. The maximum atomic E-state index is 6.06. The molecule has 0 bridgehead atoms. The summed E-state index contributed by atoms with van der Waals surface area (Å²) in [4.78, 5) is 4.42. The minimum absolute atomic E-state index is 0.125. The summed E-state index contributed by atoms with van der Waals surface area (Å²) in [5.74, 6) is 0.800. The maximum absolute atomic E-state index is 6.06. The first-order chi connectivity index (χ1) is 12.8. The van der Waals surface area contributed by atoms with E-state index in [9.17, 15) is 0 Å². The van der Waals surface area contributed by atoms with Crippen LogP contribution in [0.15, 0.2) is 73.1 Å². The standard InChI is InChI=1S/C21H17ClN4/c22-16-10-8-15(9-11-16)19-12-20(26-21(25-19)23-13-24-26)18-7-3-5-14-4-1-2-6-17(14)18/h1-11,13,19-20H,12H2,(H,23,24,25)/t19-,20+/m1/s1. The molecule has 1 aromatic heterocycles. The predicted octanol–water partition coefficient (Wildman–Crippen LogP) is 5.23. The van der Waals surface area contributed by atoms with Gasteiger partial charge in [0.2, 0.25) is 5.95 Å². The lowest BCUT2D eigenvalue weighted by atomic mass is 9.90. The summed E-state index contributed by atoms with van der Waals surface area (Å²) < 4.78 is 1.99. The van der Waals surface area contributed by atoms with Gasteiger partial charge in [0.15, 0.2) is 0 Å². The number of nitrogens with one attached hydrogen (secondary N) is 1. The van der Waals surface area contributed by atoms with Gasteiger partial charge in [0, 0.05) is 5.02 Å². The molecule has 0 spiro atoms. The number of rotatable bonds is 2. The fourth-order valence-corrected chi connectivity index (χ4v) is 3.96. The van der Waals surface area contributed by atoms with Gasteiger partial charge in [-0.25, -0.2) is 4.68 Å². The molecule has 26 heavy (non-hydrogen) atoms. The van der Waals surface area contributed by atoms with Crippen LogP contribution in [0.3, 0.4) is 0 Å². The molecule has 0 saturated heterocycles. The Morgan fingerprint density at radius 2 is 1.77 bits per heavy atom. The lowest BCUT2D eigenvalue weighted by molar-refractivity contribution is 0.433. The van der Waals surface area contributed by atoms with Gasteiger partial charge in [-0.05, 0) is 40.5 Å². The van der Waals surface area contributed by atoms with Crippen molar-refractivity contribution in [1.82, 2.24) is 14.8 Å². The van der Waals surface area contributed by atoms with Gasteiger partial charge in [0.1, 0.15) is 6.33 Å². The van der Waals surface area contributed by atoms with E-state index in [-0.39, 0.29) is 12.1 Å². The molecule has 2 atom stereocenters.